The number of carbonyl (C=O) groups is 2. The van der Waals surface area contributed by atoms with Crippen LogP contribution in [0.5, 0.6) is 0 Å². The number of amides is 3. The van der Waals surface area contributed by atoms with Gasteiger partial charge in [-0.1, -0.05) is 36.4 Å². The van der Waals surface area contributed by atoms with E-state index in [2.05, 4.69) is 10.6 Å². The molecule has 158 valence electrons. The molecule has 4 rings (SSSR count). The Balaban J connectivity index is 1.54. The molecule has 2 N–H and O–H groups in total. The Labute approximate surface area is 184 Å². The summed E-state index contributed by atoms with van der Waals surface area (Å²) >= 11 is 1.43. The summed E-state index contributed by atoms with van der Waals surface area (Å²) in [6, 6.07) is 18.9. The first kappa shape index (κ1) is 20.9. The minimum Gasteiger partial charge on any atom is -0.308 e. The van der Waals surface area contributed by atoms with Crippen molar-refractivity contribution in [3.63, 3.8) is 0 Å². The molecule has 0 aromatic heterocycles. The zero-order valence-corrected chi connectivity index (χ0v) is 18.0. The van der Waals surface area contributed by atoms with Gasteiger partial charge in [-0.15, -0.1) is 11.8 Å². The molecule has 3 aromatic carbocycles. The average molecular weight is 436 g/mol. The highest BCUT2D eigenvalue weighted by Gasteiger charge is 2.35. The predicted molar refractivity (Wildman–Crippen MR) is 124 cm³/mol. The van der Waals surface area contributed by atoms with Gasteiger partial charge in [-0.3, -0.25) is 9.69 Å². The van der Waals surface area contributed by atoms with Crippen LogP contribution < -0.4 is 15.5 Å². The molecule has 5 nitrogen and oxygen atoms in total. The van der Waals surface area contributed by atoms with Crippen molar-refractivity contribution < 1.29 is 14.0 Å². The number of anilines is 3. The summed E-state index contributed by atoms with van der Waals surface area (Å²) in [7, 11) is 0. The molecule has 1 aliphatic rings. The Morgan fingerprint density at radius 3 is 2.61 bits per heavy atom. The molecular formula is C24H22FN3O2S. The summed E-state index contributed by atoms with van der Waals surface area (Å²) in [5.74, 6) is -0.319. The van der Waals surface area contributed by atoms with Crippen molar-refractivity contribution >= 4 is 40.8 Å². The van der Waals surface area contributed by atoms with Crippen LogP contribution in [0.15, 0.2) is 66.7 Å². The molecule has 0 spiro atoms. The second-order valence-corrected chi connectivity index (χ2v) is 8.40. The number of nitrogens with zero attached hydrogens (tertiary/aromatic N) is 1. The van der Waals surface area contributed by atoms with Crippen molar-refractivity contribution in [2.45, 2.75) is 19.2 Å². The molecule has 1 aliphatic heterocycles. The van der Waals surface area contributed by atoms with Gasteiger partial charge in [-0.2, -0.15) is 0 Å². The number of thioether (sulfide) groups is 1. The lowest BCUT2D eigenvalue weighted by molar-refractivity contribution is -0.115. The molecule has 1 atom stereocenters. The maximum Gasteiger partial charge on any atom is 0.323 e. The molecule has 0 aliphatic carbocycles. The zero-order chi connectivity index (χ0) is 22.0. The van der Waals surface area contributed by atoms with Crippen molar-refractivity contribution in [1.82, 2.24) is 0 Å². The van der Waals surface area contributed by atoms with Gasteiger partial charge in [0.2, 0.25) is 5.91 Å². The van der Waals surface area contributed by atoms with Crippen LogP contribution in [0.1, 0.15) is 22.1 Å². The summed E-state index contributed by atoms with van der Waals surface area (Å²) in [6.07, 6.45) is 0. The van der Waals surface area contributed by atoms with Gasteiger partial charge in [-0.05, 0) is 60.9 Å². The number of halogens is 1. The Kier molecular flexibility index (Phi) is 5.95. The third-order valence-corrected chi connectivity index (χ3v) is 6.47. The fourth-order valence-corrected chi connectivity index (χ4v) is 4.68. The van der Waals surface area contributed by atoms with E-state index >= 15 is 0 Å². The number of para-hydroxylation sites is 1. The van der Waals surface area contributed by atoms with Crippen LogP contribution in [0, 0.1) is 19.7 Å². The van der Waals surface area contributed by atoms with E-state index in [-0.39, 0.29) is 28.8 Å². The minimum atomic E-state index is -0.439. The molecule has 1 unspecified atom stereocenters. The molecule has 0 radical (unpaired) electrons. The highest BCUT2D eigenvalue weighted by Crippen LogP contribution is 2.43. The summed E-state index contributed by atoms with van der Waals surface area (Å²) in [4.78, 5) is 26.5. The van der Waals surface area contributed by atoms with E-state index in [1.807, 2.05) is 50.2 Å². The largest absolute Gasteiger partial charge is 0.323 e. The number of rotatable bonds is 4. The average Bonchev–Trinajstić information content (AvgIpc) is 3.13. The first-order valence-electron chi connectivity index (χ1n) is 9.86. The lowest BCUT2D eigenvalue weighted by Gasteiger charge is -2.25. The van der Waals surface area contributed by atoms with E-state index in [1.165, 1.54) is 22.7 Å². The van der Waals surface area contributed by atoms with Crippen LogP contribution in [-0.4, -0.2) is 17.7 Å². The number of hydrogen-bond donors (Lipinski definition) is 2. The van der Waals surface area contributed by atoms with Crippen LogP contribution in [0.25, 0.3) is 0 Å². The van der Waals surface area contributed by atoms with Gasteiger partial charge in [-0.25, -0.2) is 9.18 Å². The number of nitrogens with one attached hydrogen (secondary N) is 2. The second kappa shape index (κ2) is 8.81. The molecule has 0 bridgehead atoms. The van der Waals surface area contributed by atoms with E-state index in [0.29, 0.717) is 5.69 Å². The lowest BCUT2D eigenvalue weighted by Crippen LogP contribution is -2.28. The van der Waals surface area contributed by atoms with Gasteiger partial charge in [0.1, 0.15) is 11.2 Å². The van der Waals surface area contributed by atoms with Gasteiger partial charge < -0.3 is 10.6 Å². The molecule has 3 aromatic rings. The van der Waals surface area contributed by atoms with Crippen molar-refractivity contribution in [1.29, 1.82) is 0 Å². The Morgan fingerprint density at radius 1 is 1.03 bits per heavy atom. The summed E-state index contributed by atoms with van der Waals surface area (Å²) in [5, 5.41) is 5.34. The topological polar surface area (TPSA) is 61.4 Å². The number of carbonyl (C=O) groups excluding carboxylic acids is 2. The van der Waals surface area contributed by atoms with E-state index in [0.717, 1.165) is 22.4 Å². The third-order valence-electron chi connectivity index (χ3n) is 5.26. The van der Waals surface area contributed by atoms with E-state index < -0.39 is 5.82 Å². The maximum atomic E-state index is 14.4. The normalized spacial score (nSPS) is 15.8. The van der Waals surface area contributed by atoms with Crippen LogP contribution in [0.3, 0.4) is 0 Å². The van der Waals surface area contributed by atoms with Crippen LogP contribution in [-0.2, 0) is 4.79 Å². The van der Waals surface area contributed by atoms with E-state index in [4.69, 9.17) is 0 Å². The Bertz CT molecular complexity index is 1150. The van der Waals surface area contributed by atoms with Gasteiger partial charge in [0.25, 0.3) is 0 Å². The van der Waals surface area contributed by atoms with Crippen molar-refractivity contribution in [3.8, 4) is 0 Å². The van der Waals surface area contributed by atoms with Gasteiger partial charge in [0, 0.05) is 11.4 Å². The monoisotopic (exact) mass is 435 g/mol. The van der Waals surface area contributed by atoms with Crippen LogP contribution in [0.4, 0.5) is 26.2 Å². The molecule has 0 saturated carbocycles. The van der Waals surface area contributed by atoms with Gasteiger partial charge in [0.15, 0.2) is 0 Å². The lowest BCUT2D eigenvalue weighted by atomic mass is 10.1. The number of benzene rings is 3. The maximum absolute atomic E-state index is 14.4. The summed E-state index contributed by atoms with van der Waals surface area (Å²) in [6.45, 7) is 3.95. The van der Waals surface area contributed by atoms with Crippen molar-refractivity contribution in [3.05, 3.63) is 89.2 Å². The highest BCUT2D eigenvalue weighted by molar-refractivity contribution is 8.00. The highest BCUT2D eigenvalue weighted by atomic mass is 32.2. The summed E-state index contributed by atoms with van der Waals surface area (Å²) < 4.78 is 14.4. The fourth-order valence-electron chi connectivity index (χ4n) is 3.52. The number of urea groups is 1. The van der Waals surface area contributed by atoms with E-state index in [9.17, 15) is 14.0 Å². The number of hydrogen-bond acceptors (Lipinski definition) is 3. The minimum absolute atomic E-state index is 0.147. The van der Waals surface area contributed by atoms with Gasteiger partial charge in [0.05, 0.1) is 11.4 Å². The van der Waals surface area contributed by atoms with Crippen LogP contribution >= 0.6 is 11.8 Å². The zero-order valence-electron chi connectivity index (χ0n) is 17.2. The first-order valence-corrected chi connectivity index (χ1v) is 10.9. The molecule has 1 saturated heterocycles. The Morgan fingerprint density at radius 2 is 1.81 bits per heavy atom. The molecule has 1 fully saturated rings. The quantitative estimate of drug-likeness (QED) is 0.539. The second-order valence-electron chi connectivity index (χ2n) is 7.33. The van der Waals surface area contributed by atoms with Gasteiger partial charge >= 0.3 is 6.03 Å². The summed E-state index contributed by atoms with van der Waals surface area (Å²) in [5.41, 5.74) is 4.51. The molecular weight excluding hydrogens is 413 g/mol. The number of aryl methyl sites for hydroxylation is 1. The van der Waals surface area contributed by atoms with Crippen LogP contribution in [0.2, 0.25) is 0 Å². The first-order chi connectivity index (χ1) is 14.9. The third kappa shape index (κ3) is 4.41. The molecule has 3 amide bonds. The smallest absolute Gasteiger partial charge is 0.308 e. The predicted octanol–water partition coefficient (Wildman–Crippen LogP) is 5.87. The standard InChI is InChI=1S/C24H22FN3O2S/c1-15-7-5-11-20(16(15)2)27-24(30)26-18-9-6-8-17(13-18)23-28(22(29)14-31-23)21-12-4-3-10-19(21)25/h3-13,23H,14H2,1-2H3,(H2,26,27,30). The Hall–Kier alpha value is -3.32. The SMILES string of the molecule is Cc1cccc(NC(=O)Nc2cccc(C3SCC(=O)N3c3ccccc3F)c2)c1C. The molecule has 1 heterocycles. The molecule has 31 heavy (non-hydrogen) atoms. The fraction of sp³-hybridized carbons (Fsp3) is 0.167. The van der Waals surface area contributed by atoms with E-state index in [1.54, 1.807) is 24.3 Å². The van der Waals surface area contributed by atoms with Crippen molar-refractivity contribution in [2.75, 3.05) is 21.3 Å². The van der Waals surface area contributed by atoms with Crippen molar-refractivity contribution in [2.24, 2.45) is 0 Å². The molecule has 7 heteroatoms.